The standard InChI is InChI=1S/C38H28F7N3O3/c39-29-15-7-1-9-22(29)17-18-33(49)48-32(35(50)25-11-2-5-13-27(25)37(40,41)42)21-47-31(19-23-20-46-30-16-8-4-10-24(23)30)34(48)36(51)26-12-3-6-14-28(26)38(43,44)45/h1-18,20,31-32,34,46-47H,19,21H2/b18-17+. The zero-order valence-electron chi connectivity index (χ0n) is 26.4. The second kappa shape index (κ2) is 14.0. The number of halogens is 7. The number of fused-ring (bicyclic) bond motifs is 1. The highest BCUT2D eigenvalue weighted by Crippen LogP contribution is 2.36. The average Bonchev–Trinajstić information content (AvgIpc) is 3.52. The summed E-state index contributed by atoms with van der Waals surface area (Å²) >= 11 is 0. The molecule has 2 heterocycles. The van der Waals surface area contributed by atoms with Crippen molar-refractivity contribution in [3.05, 3.63) is 149 Å². The molecule has 6 rings (SSSR count). The summed E-state index contributed by atoms with van der Waals surface area (Å²) in [4.78, 5) is 46.7. The van der Waals surface area contributed by atoms with E-state index in [-0.39, 0.29) is 12.0 Å². The van der Waals surface area contributed by atoms with Crippen LogP contribution in [0, 0.1) is 5.82 Å². The van der Waals surface area contributed by atoms with Crippen molar-refractivity contribution in [2.24, 2.45) is 0 Å². The number of para-hydroxylation sites is 1. The number of nitrogens with zero attached hydrogens (tertiary/aromatic N) is 1. The number of hydrogen-bond acceptors (Lipinski definition) is 4. The molecule has 1 amide bonds. The number of rotatable bonds is 8. The van der Waals surface area contributed by atoms with E-state index in [9.17, 15) is 45.1 Å². The van der Waals surface area contributed by atoms with Crippen molar-refractivity contribution in [2.75, 3.05) is 6.54 Å². The van der Waals surface area contributed by atoms with Crippen LogP contribution in [0.25, 0.3) is 17.0 Å². The lowest BCUT2D eigenvalue weighted by Gasteiger charge is -2.45. The number of Topliss-reactive ketones (excluding diaryl/α,β-unsaturated/α-hetero) is 2. The Labute approximate surface area is 286 Å². The minimum atomic E-state index is -5.00. The topological polar surface area (TPSA) is 82.3 Å². The largest absolute Gasteiger partial charge is 0.417 e. The number of hydrogen-bond donors (Lipinski definition) is 2. The molecule has 1 aliphatic heterocycles. The van der Waals surface area contributed by atoms with Crippen molar-refractivity contribution in [1.29, 1.82) is 0 Å². The van der Waals surface area contributed by atoms with E-state index in [0.717, 1.165) is 52.8 Å². The van der Waals surface area contributed by atoms with Gasteiger partial charge >= 0.3 is 12.4 Å². The summed E-state index contributed by atoms with van der Waals surface area (Å²) in [6.45, 7) is -0.456. The molecule has 2 N–H and O–H groups in total. The van der Waals surface area contributed by atoms with Gasteiger partial charge in [0.25, 0.3) is 0 Å². The Morgan fingerprint density at radius 2 is 1.31 bits per heavy atom. The molecule has 0 bridgehead atoms. The van der Waals surface area contributed by atoms with Gasteiger partial charge in [-0.3, -0.25) is 14.4 Å². The number of nitrogens with one attached hydrogen (secondary N) is 2. The van der Waals surface area contributed by atoms with Gasteiger partial charge in [0.15, 0.2) is 11.6 Å². The van der Waals surface area contributed by atoms with Gasteiger partial charge in [-0.05, 0) is 42.3 Å². The van der Waals surface area contributed by atoms with Gasteiger partial charge in [0.05, 0.1) is 11.1 Å². The van der Waals surface area contributed by atoms with E-state index in [0.29, 0.717) is 23.2 Å². The fourth-order valence-corrected chi connectivity index (χ4v) is 6.49. The van der Waals surface area contributed by atoms with Crippen LogP contribution in [0.3, 0.4) is 0 Å². The second-order valence-electron chi connectivity index (χ2n) is 12.0. The number of aromatic amines is 1. The summed E-state index contributed by atoms with van der Waals surface area (Å²) in [6, 6.07) is 15.5. The van der Waals surface area contributed by atoms with E-state index in [4.69, 9.17) is 0 Å². The summed E-state index contributed by atoms with van der Waals surface area (Å²) in [7, 11) is 0. The predicted octanol–water partition coefficient (Wildman–Crippen LogP) is 7.90. The highest BCUT2D eigenvalue weighted by atomic mass is 19.4. The first-order valence-electron chi connectivity index (χ1n) is 15.7. The molecule has 5 aromatic rings. The predicted molar refractivity (Wildman–Crippen MR) is 175 cm³/mol. The monoisotopic (exact) mass is 707 g/mol. The summed E-state index contributed by atoms with van der Waals surface area (Å²) < 4.78 is 99.7. The van der Waals surface area contributed by atoms with Gasteiger partial charge < -0.3 is 15.2 Å². The summed E-state index contributed by atoms with van der Waals surface area (Å²) in [5.74, 6) is -4.23. The molecule has 3 unspecified atom stereocenters. The third-order valence-corrected chi connectivity index (χ3v) is 8.84. The second-order valence-corrected chi connectivity index (χ2v) is 12.0. The van der Waals surface area contributed by atoms with E-state index in [1.54, 1.807) is 30.5 Å². The molecule has 1 aliphatic rings. The minimum Gasteiger partial charge on any atom is -0.361 e. The van der Waals surface area contributed by atoms with E-state index in [1.807, 2.05) is 0 Å². The van der Waals surface area contributed by atoms with Crippen molar-refractivity contribution < 1.29 is 45.1 Å². The zero-order chi connectivity index (χ0) is 36.5. The van der Waals surface area contributed by atoms with Crippen LogP contribution in [-0.2, 0) is 23.6 Å². The maximum atomic E-state index is 14.5. The summed E-state index contributed by atoms with van der Waals surface area (Å²) in [5.41, 5.74) is -2.93. The first-order valence-corrected chi connectivity index (χ1v) is 15.7. The molecule has 1 aromatic heterocycles. The van der Waals surface area contributed by atoms with Crippen LogP contribution in [0.1, 0.15) is 43.0 Å². The van der Waals surface area contributed by atoms with Crippen LogP contribution >= 0.6 is 0 Å². The molecule has 262 valence electrons. The van der Waals surface area contributed by atoms with Crippen molar-refractivity contribution in [1.82, 2.24) is 15.2 Å². The number of ketones is 2. The summed E-state index contributed by atoms with van der Waals surface area (Å²) in [5, 5.41) is 3.73. The number of benzene rings is 4. The molecule has 3 atom stereocenters. The minimum absolute atomic E-state index is 0.0462. The number of amides is 1. The van der Waals surface area contributed by atoms with E-state index < -0.39 is 82.6 Å². The van der Waals surface area contributed by atoms with Gasteiger partial charge in [0.1, 0.15) is 17.9 Å². The number of H-pyrrole nitrogens is 1. The number of carbonyl (C=O) groups is 3. The molecule has 0 saturated carbocycles. The normalized spacial score (nSPS) is 18.3. The Hall–Kier alpha value is -5.56. The molecular weight excluding hydrogens is 679 g/mol. The van der Waals surface area contributed by atoms with Crippen LogP contribution in [0.2, 0.25) is 0 Å². The highest BCUT2D eigenvalue weighted by molar-refractivity contribution is 6.09. The van der Waals surface area contributed by atoms with Crippen LogP contribution in [-0.4, -0.2) is 52.0 Å². The molecule has 1 saturated heterocycles. The van der Waals surface area contributed by atoms with E-state index in [1.165, 1.54) is 30.3 Å². The number of carbonyl (C=O) groups excluding carboxylic acids is 3. The molecule has 0 aliphatic carbocycles. The van der Waals surface area contributed by atoms with Gasteiger partial charge in [-0.2, -0.15) is 26.3 Å². The van der Waals surface area contributed by atoms with Crippen LogP contribution in [0.4, 0.5) is 30.7 Å². The lowest BCUT2D eigenvalue weighted by molar-refractivity contribution is -0.138. The molecule has 51 heavy (non-hydrogen) atoms. The van der Waals surface area contributed by atoms with E-state index >= 15 is 0 Å². The molecule has 6 nitrogen and oxygen atoms in total. The van der Waals surface area contributed by atoms with Gasteiger partial charge in [0.2, 0.25) is 5.91 Å². The SMILES string of the molecule is O=C(c1ccccc1C(F)(F)F)C1CNC(Cc2c[nH]c3ccccc23)C(C(=O)c2ccccc2C(F)(F)F)N1C(=O)/C=C/c1ccccc1F. The van der Waals surface area contributed by atoms with Crippen LogP contribution in [0.15, 0.2) is 109 Å². The zero-order valence-corrected chi connectivity index (χ0v) is 26.4. The fourth-order valence-electron chi connectivity index (χ4n) is 6.49. The third kappa shape index (κ3) is 7.20. The van der Waals surface area contributed by atoms with Crippen LogP contribution < -0.4 is 5.32 Å². The highest BCUT2D eigenvalue weighted by Gasteiger charge is 2.49. The first-order chi connectivity index (χ1) is 24.3. The Kier molecular flexibility index (Phi) is 9.67. The van der Waals surface area contributed by atoms with Gasteiger partial charge in [-0.1, -0.05) is 72.8 Å². The van der Waals surface area contributed by atoms with E-state index in [2.05, 4.69) is 10.3 Å². The molecule has 0 radical (unpaired) electrons. The molecular formula is C38H28F7N3O3. The molecule has 1 fully saturated rings. The molecule has 13 heteroatoms. The Balaban J connectivity index is 1.52. The number of aromatic nitrogens is 1. The Bertz CT molecular complexity index is 2140. The van der Waals surface area contributed by atoms with Crippen molar-refractivity contribution in [3.8, 4) is 0 Å². The van der Waals surface area contributed by atoms with Gasteiger partial charge in [-0.25, -0.2) is 4.39 Å². The smallest absolute Gasteiger partial charge is 0.361 e. The number of alkyl halides is 6. The van der Waals surface area contributed by atoms with Crippen LogP contribution in [0.5, 0.6) is 0 Å². The Morgan fingerprint density at radius 1 is 0.745 bits per heavy atom. The van der Waals surface area contributed by atoms with Crippen molar-refractivity contribution in [2.45, 2.75) is 36.9 Å². The van der Waals surface area contributed by atoms with Crippen molar-refractivity contribution in [3.63, 3.8) is 0 Å². The van der Waals surface area contributed by atoms with Gasteiger partial charge in [-0.15, -0.1) is 0 Å². The fraction of sp³-hybridized carbons (Fsp3) is 0.184. The quantitative estimate of drug-likeness (QED) is 0.0977. The number of piperazine rings is 1. The lowest BCUT2D eigenvalue weighted by Crippen LogP contribution is -2.69. The molecule has 4 aromatic carbocycles. The lowest BCUT2D eigenvalue weighted by atomic mass is 9.84. The third-order valence-electron chi connectivity index (χ3n) is 8.84. The summed E-state index contributed by atoms with van der Waals surface area (Å²) in [6.07, 6.45) is -6.48. The maximum absolute atomic E-state index is 14.5. The maximum Gasteiger partial charge on any atom is 0.417 e. The molecule has 0 spiro atoms. The van der Waals surface area contributed by atoms with Crippen molar-refractivity contribution >= 4 is 34.5 Å². The Morgan fingerprint density at radius 3 is 1.96 bits per heavy atom. The first kappa shape index (κ1) is 35.3. The average molecular weight is 708 g/mol. The van der Waals surface area contributed by atoms with Gasteiger partial charge in [0, 0.05) is 52.5 Å².